The Kier molecular flexibility index (Phi) is 7.43. The van der Waals surface area contributed by atoms with E-state index in [0.717, 1.165) is 15.3 Å². The van der Waals surface area contributed by atoms with Crippen molar-refractivity contribution in [2.75, 3.05) is 0 Å². The zero-order valence-corrected chi connectivity index (χ0v) is 18.2. The summed E-state index contributed by atoms with van der Waals surface area (Å²) >= 11 is 3.31. The van der Waals surface area contributed by atoms with Gasteiger partial charge in [0.1, 0.15) is 0 Å². The third kappa shape index (κ3) is 6.44. The van der Waals surface area contributed by atoms with Gasteiger partial charge in [-0.15, -0.1) is 22.7 Å². The van der Waals surface area contributed by atoms with Gasteiger partial charge in [0, 0.05) is 27.9 Å². The second-order valence-corrected chi connectivity index (χ2v) is 9.06. The molecule has 0 aliphatic heterocycles. The minimum absolute atomic E-state index is 0.00357. The number of hydrogen-bond donors (Lipinski definition) is 2. The molecule has 152 valence electrons. The quantitative estimate of drug-likeness (QED) is 0.539. The number of rotatable bonds is 8. The first-order chi connectivity index (χ1) is 14.0. The van der Waals surface area contributed by atoms with E-state index in [2.05, 4.69) is 22.8 Å². The maximum Gasteiger partial charge on any atom is 0.315 e. The fourth-order valence-corrected chi connectivity index (χ4v) is 4.26. The molecule has 5 nitrogen and oxygen atoms in total. The molecule has 0 atom stereocenters. The Morgan fingerprint density at radius 2 is 1.52 bits per heavy atom. The second kappa shape index (κ2) is 10.2. The lowest BCUT2D eigenvalue weighted by molar-refractivity contribution is 0.0733. The normalized spacial score (nSPS) is 10.7. The zero-order chi connectivity index (χ0) is 20.6. The number of nitrogens with zero attached hydrogens (tertiary/aromatic N) is 1. The lowest BCUT2D eigenvalue weighted by atomic mass is 10.1. The number of urea groups is 1. The smallest absolute Gasteiger partial charge is 0.315 e. The van der Waals surface area contributed by atoms with E-state index < -0.39 is 0 Å². The first kappa shape index (κ1) is 21.1. The Balaban J connectivity index is 1.66. The average molecular weight is 428 g/mol. The molecular formula is C22H25N3O2S2. The number of carbonyl (C=O) groups excluding carboxylic acids is 2. The van der Waals surface area contributed by atoms with Gasteiger partial charge in [-0.1, -0.05) is 24.3 Å². The first-order valence-electron chi connectivity index (χ1n) is 9.48. The number of benzene rings is 1. The van der Waals surface area contributed by atoms with Gasteiger partial charge in [0.2, 0.25) is 0 Å². The van der Waals surface area contributed by atoms with Crippen molar-refractivity contribution < 1.29 is 9.59 Å². The van der Waals surface area contributed by atoms with E-state index in [4.69, 9.17) is 0 Å². The first-order valence-corrected chi connectivity index (χ1v) is 11.2. The molecule has 3 amide bonds. The molecule has 0 saturated carbocycles. The highest BCUT2D eigenvalue weighted by Gasteiger charge is 2.18. The number of hydrogen-bond acceptors (Lipinski definition) is 4. The van der Waals surface area contributed by atoms with E-state index in [0.29, 0.717) is 25.2 Å². The monoisotopic (exact) mass is 427 g/mol. The van der Waals surface area contributed by atoms with Crippen LogP contribution in [-0.4, -0.2) is 22.9 Å². The van der Waals surface area contributed by atoms with Crippen molar-refractivity contribution in [2.24, 2.45) is 0 Å². The van der Waals surface area contributed by atoms with Gasteiger partial charge in [0.15, 0.2) is 0 Å². The van der Waals surface area contributed by atoms with Crippen molar-refractivity contribution >= 4 is 34.6 Å². The van der Waals surface area contributed by atoms with Gasteiger partial charge in [-0.2, -0.15) is 0 Å². The Hall–Kier alpha value is -2.64. The predicted molar refractivity (Wildman–Crippen MR) is 119 cm³/mol. The fourth-order valence-electron chi connectivity index (χ4n) is 2.82. The van der Waals surface area contributed by atoms with Gasteiger partial charge in [-0.25, -0.2) is 4.79 Å². The third-order valence-electron chi connectivity index (χ3n) is 4.21. The molecule has 0 fully saturated rings. The van der Waals surface area contributed by atoms with E-state index in [9.17, 15) is 9.59 Å². The molecule has 0 spiro atoms. The molecule has 29 heavy (non-hydrogen) atoms. The molecule has 2 aromatic heterocycles. The summed E-state index contributed by atoms with van der Waals surface area (Å²) in [6.07, 6.45) is 0. The number of carbonyl (C=O) groups is 2. The highest BCUT2D eigenvalue weighted by Crippen LogP contribution is 2.19. The van der Waals surface area contributed by atoms with Gasteiger partial charge in [-0.3, -0.25) is 4.79 Å². The molecule has 0 aliphatic carbocycles. The molecule has 3 rings (SSSR count). The maximum atomic E-state index is 13.2. The molecule has 0 aliphatic rings. The summed E-state index contributed by atoms with van der Waals surface area (Å²) in [5.41, 5.74) is 1.59. The van der Waals surface area contributed by atoms with E-state index >= 15 is 0 Å². The van der Waals surface area contributed by atoms with Crippen LogP contribution in [-0.2, 0) is 19.6 Å². The molecular weight excluding hydrogens is 402 g/mol. The van der Waals surface area contributed by atoms with Gasteiger partial charge >= 0.3 is 6.03 Å². The standard InChI is InChI=1S/C22H25N3O2S2/c1-16(2)24-22(27)23-13-17-7-9-18(10-8-17)21(26)25(14-19-5-3-11-28-19)15-20-6-4-12-29-20/h3-12,16H,13-15H2,1-2H3,(H2,23,24,27). The Morgan fingerprint density at radius 3 is 2.00 bits per heavy atom. The lowest BCUT2D eigenvalue weighted by Gasteiger charge is -2.22. The maximum absolute atomic E-state index is 13.2. The molecule has 2 heterocycles. The van der Waals surface area contributed by atoms with Crippen molar-refractivity contribution in [1.82, 2.24) is 15.5 Å². The van der Waals surface area contributed by atoms with Gasteiger partial charge < -0.3 is 15.5 Å². The van der Waals surface area contributed by atoms with E-state index in [1.54, 1.807) is 22.7 Å². The van der Waals surface area contributed by atoms with Crippen LogP contribution in [0.15, 0.2) is 59.3 Å². The van der Waals surface area contributed by atoms with Crippen molar-refractivity contribution in [3.05, 3.63) is 80.2 Å². The highest BCUT2D eigenvalue weighted by atomic mass is 32.1. The van der Waals surface area contributed by atoms with Crippen LogP contribution in [0.25, 0.3) is 0 Å². The molecule has 3 aromatic rings. The SMILES string of the molecule is CC(C)NC(=O)NCc1ccc(C(=O)N(Cc2cccs2)Cc2cccs2)cc1. The number of thiophene rings is 2. The summed E-state index contributed by atoms with van der Waals surface area (Å²) in [5, 5.41) is 9.67. The summed E-state index contributed by atoms with van der Waals surface area (Å²) < 4.78 is 0. The van der Waals surface area contributed by atoms with Gasteiger partial charge in [-0.05, 0) is 54.4 Å². The van der Waals surface area contributed by atoms with Crippen molar-refractivity contribution in [2.45, 2.75) is 39.5 Å². The van der Waals surface area contributed by atoms with Crippen molar-refractivity contribution in [1.29, 1.82) is 0 Å². The molecule has 0 radical (unpaired) electrons. The minimum Gasteiger partial charge on any atom is -0.336 e. The van der Waals surface area contributed by atoms with E-state index in [1.807, 2.05) is 65.9 Å². The average Bonchev–Trinajstić information content (AvgIpc) is 3.39. The zero-order valence-electron chi connectivity index (χ0n) is 16.6. The minimum atomic E-state index is -0.196. The summed E-state index contributed by atoms with van der Waals surface area (Å²) in [6.45, 7) is 5.43. The largest absolute Gasteiger partial charge is 0.336 e. The molecule has 1 aromatic carbocycles. The molecule has 0 unspecified atom stereocenters. The van der Waals surface area contributed by atoms with Crippen LogP contribution in [0.2, 0.25) is 0 Å². The van der Waals surface area contributed by atoms with Crippen molar-refractivity contribution in [3.63, 3.8) is 0 Å². The van der Waals surface area contributed by atoms with Gasteiger partial charge in [0.25, 0.3) is 5.91 Å². The summed E-state index contributed by atoms with van der Waals surface area (Å²) in [6, 6.07) is 15.4. The number of nitrogens with one attached hydrogen (secondary N) is 2. The topological polar surface area (TPSA) is 61.4 Å². The van der Waals surface area contributed by atoms with Gasteiger partial charge in [0.05, 0.1) is 13.1 Å². The molecule has 0 saturated heterocycles. The highest BCUT2D eigenvalue weighted by molar-refractivity contribution is 7.10. The van der Waals surface area contributed by atoms with Crippen LogP contribution >= 0.6 is 22.7 Å². The van der Waals surface area contributed by atoms with Crippen LogP contribution < -0.4 is 10.6 Å². The van der Waals surface area contributed by atoms with Crippen LogP contribution in [0.1, 0.15) is 39.5 Å². The Morgan fingerprint density at radius 1 is 0.931 bits per heavy atom. The van der Waals surface area contributed by atoms with Crippen LogP contribution in [0.4, 0.5) is 4.79 Å². The van der Waals surface area contributed by atoms with Crippen LogP contribution in [0.5, 0.6) is 0 Å². The van der Waals surface area contributed by atoms with E-state index in [-0.39, 0.29) is 18.0 Å². The van der Waals surface area contributed by atoms with Crippen LogP contribution in [0, 0.1) is 0 Å². The van der Waals surface area contributed by atoms with Crippen molar-refractivity contribution in [3.8, 4) is 0 Å². The predicted octanol–water partition coefficient (Wildman–Crippen LogP) is 4.86. The Bertz CT molecular complexity index is 868. The Labute approximate surface area is 179 Å². The molecule has 2 N–H and O–H groups in total. The molecule has 0 bridgehead atoms. The summed E-state index contributed by atoms with van der Waals surface area (Å²) in [5.74, 6) is 0.00357. The van der Waals surface area contributed by atoms with E-state index in [1.165, 1.54) is 0 Å². The molecule has 7 heteroatoms. The second-order valence-electron chi connectivity index (χ2n) is 7.00. The summed E-state index contributed by atoms with van der Waals surface area (Å²) in [7, 11) is 0. The lowest BCUT2D eigenvalue weighted by Crippen LogP contribution is -2.39. The fraction of sp³-hybridized carbons (Fsp3) is 0.273. The summed E-state index contributed by atoms with van der Waals surface area (Å²) in [4.78, 5) is 29.1. The number of amides is 3. The van der Waals surface area contributed by atoms with Crippen LogP contribution in [0.3, 0.4) is 0 Å². The third-order valence-corrected chi connectivity index (χ3v) is 5.94.